The second kappa shape index (κ2) is 3.71. The van der Waals surface area contributed by atoms with Crippen molar-refractivity contribution in [2.75, 3.05) is 6.61 Å². The van der Waals surface area contributed by atoms with Gasteiger partial charge in [0.2, 0.25) is 11.4 Å². The van der Waals surface area contributed by atoms with E-state index in [1.54, 1.807) is 5.32 Å². The number of carbonyl (C=O) groups excluding carboxylic acids is 2. The van der Waals surface area contributed by atoms with Crippen molar-refractivity contribution in [3.8, 4) is 0 Å². The van der Waals surface area contributed by atoms with Gasteiger partial charge < -0.3 is 10.1 Å². The smallest absolute Gasteiger partial charge is 0.422 e. The van der Waals surface area contributed by atoms with Gasteiger partial charge in [-0.25, -0.2) is 4.79 Å². The van der Waals surface area contributed by atoms with E-state index in [9.17, 15) is 22.8 Å². The molecule has 0 saturated carbocycles. The molecule has 0 spiro atoms. The summed E-state index contributed by atoms with van der Waals surface area (Å²) in [7, 11) is 0. The van der Waals surface area contributed by atoms with Crippen molar-refractivity contribution in [2.24, 2.45) is 0 Å². The molecule has 0 aromatic carbocycles. The molecule has 7 heteroatoms. The Kier molecular flexibility index (Phi) is 2.92. The molecule has 1 amide bonds. The van der Waals surface area contributed by atoms with Crippen LogP contribution in [0.15, 0.2) is 0 Å². The van der Waals surface area contributed by atoms with Crippen molar-refractivity contribution in [1.82, 2.24) is 5.32 Å². The third-order valence-electron chi connectivity index (χ3n) is 2.19. The SMILES string of the molecule is CCOC(=O)[C@]1(C(F)(F)F)CCC(=O)N1. The van der Waals surface area contributed by atoms with Gasteiger partial charge >= 0.3 is 12.1 Å². The van der Waals surface area contributed by atoms with E-state index in [0.717, 1.165) is 0 Å². The van der Waals surface area contributed by atoms with Gasteiger partial charge in [-0.15, -0.1) is 0 Å². The summed E-state index contributed by atoms with van der Waals surface area (Å²) < 4.78 is 42.3. The van der Waals surface area contributed by atoms with E-state index in [1.807, 2.05) is 0 Å². The first-order valence-electron chi connectivity index (χ1n) is 4.38. The van der Waals surface area contributed by atoms with Crippen LogP contribution in [0.1, 0.15) is 19.8 Å². The molecule has 86 valence electrons. The number of amides is 1. The Hall–Kier alpha value is -1.27. The lowest BCUT2D eigenvalue weighted by atomic mass is 9.97. The summed E-state index contributed by atoms with van der Waals surface area (Å²) in [6, 6.07) is 0. The number of halogens is 3. The molecule has 1 aliphatic rings. The molecule has 0 unspecified atom stereocenters. The summed E-state index contributed by atoms with van der Waals surface area (Å²) in [5.41, 5.74) is -2.85. The van der Waals surface area contributed by atoms with Crippen LogP contribution in [-0.4, -0.2) is 30.2 Å². The minimum absolute atomic E-state index is 0.160. The van der Waals surface area contributed by atoms with Gasteiger partial charge in [0.25, 0.3) is 0 Å². The monoisotopic (exact) mass is 225 g/mol. The Morgan fingerprint density at radius 1 is 1.60 bits per heavy atom. The molecule has 1 N–H and O–H groups in total. The fraction of sp³-hybridized carbons (Fsp3) is 0.750. The molecule has 1 heterocycles. The van der Waals surface area contributed by atoms with Crippen LogP contribution in [0.5, 0.6) is 0 Å². The largest absolute Gasteiger partial charge is 0.464 e. The predicted octanol–water partition coefficient (Wildman–Crippen LogP) is 0.761. The minimum atomic E-state index is -4.83. The van der Waals surface area contributed by atoms with Gasteiger partial charge in [-0.05, 0) is 13.3 Å². The average Bonchev–Trinajstić information content (AvgIpc) is 2.48. The molecule has 1 atom stereocenters. The van der Waals surface area contributed by atoms with E-state index >= 15 is 0 Å². The molecule has 0 bridgehead atoms. The van der Waals surface area contributed by atoms with Crippen LogP contribution in [0.4, 0.5) is 13.2 Å². The fourth-order valence-electron chi connectivity index (χ4n) is 1.40. The Balaban J connectivity index is 2.98. The quantitative estimate of drug-likeness (QED) is 0.706. The van der Waals surface area contributed by atoms with Crippen molar-refractivity contribution >= 4 is 11.9 Å². The molecule has 1 fully saturated rings. The highest BCUT2D eigenvalue weighted by Gasteiger charge is 2.64. The maximum Gasteiger partial charge on any atom is 0.422 e. The van der Waals surface area contributed by atoms with Gasteiger partial charge in [-0.3, -0.25) is 4.79 Å². The Labute approximate surface area is 83.8 Å². The summed E-state index contributed by atoms with van der Waals surface area (Å²) in [5, 5.41) is 1.65. The van der Waals surface area contributed by atoms with Gasteiger partial charge in [0.1, 0.15) is 0 Å². The van der Waals surface area contributed by atoms with Crippen LogP contribution in [-0.2, 0) is 14.3 Å². The second-order valence-electron chi connectivity index (χ2n) is 3.17. The molecule has 1 rings (SSSR count). The van der Waals surface area contributed by atoms with Crippen LogP contribution >= 0.6 is 0 Å². The first kappa shape index (κ1) is 11.8. The molecule has 0 radical (unpaired) electrons. The van der Waals surface area contributed by atoms with Gasteiger partial charge in [0.05, 0.1) is 6.61 Å². The molecule has 0 aromatic heterocycles. The third kappa shape index (κ3) is 1.91. The van der Waals surface area contributed by atoms with Crippen molar-refractivity contribution in [3.63, 3.8) is 0 Å². The molecule has 4 nitrogen and oxygen atoms in total. The lowest BCUT2D eigenvalue weighted by molar-refractivity contribution is -0.210. The van der Waals surface area contributed by atoms with Crippen LogP contribution in [0.2, 0.25) is 0 Å². The van der Waals surface area contributed by atoms with Gasteiger partial charge in [-0.1, -0.05) is 0 Å². The van der Waals surface area contributed by atoms with E-state index in [4.69, 9.17) is 0 Å². The Bertz CT molecular complexity index is 289. The van der Waals surface area contributed by atoms with E-state index in [1.165, 1.54) is 6.92 Å². The first-order chi connectivity index (χ1) is 6.83. The number of nitrogens with one attached hydrogen (secondary N) is 1. The van der Waals surface area contributed by atoms with Crippen molar-refractivity contribution in [1.29, 1.82) is 0 Å². The topological polar surface area (TPSA) is 55.4 Å². The summed E-state index contributed by atoms with van der Waals surface area (Å²) >= 11 is 0. The standard InChI is InChI=1S/C8H10F3NO3/c1-2-15-6(14)7(8(9,10)11)4-3-5(13)12-7/h2-4H2,1H3,(H,12,13)/t7-/m0/s1. The molecule has 0 aliphatic carbocycles. The maximum atomic E-state index is 12.6. The lowest BCUT2D eigenvalue weighted by Gasteiger charge is -2.28. The van der Waals surface area contributed by atoms with Gasteiger partial charge in [-0.2, -0.15) is 13.2 Å². The van der Waals surface area contributed by atoms with Crippen molar-refractivity contribution in [2.45, 2.75) is 31.5 Å². The maximum absolute atomic E-state index is 12.6. The zero-order valence-electron chi connectivity index (χ0n) is 7.98. The first-order valence-corrected chi connectivity index (χ1v) is 4.38. The molecule has 1 saturated heterocycles. The Morgan fingerprint density at radius 2 is 2.20 bits per heavy atom. The second-order valence-corrected chi connectivity index (χ2v) is 3.17. The molecule has 15 heavy (non-hydrogen) atoms. The number of hydrogen-bond acceptors (Lipinski definition) is 3. The molecular formula is C8H10F3NO3. The van der Waals surface area contributed by atoms with Gasteiger partial charge in [0, 0.05) is 6.42 Å². The third-order valence-corrected chi connectivity index (χ3v) is 2.19. The van der Waals surface area contributed by atoms with Crippen molar-refractivity contribution < 1.29 is 27.5 Å². The van der Waals surface area contributed by atoms with Crippen molar-refractivity contribution in [3.05, 3.63) is 0 Å². The summed E-state index contributed by atoms with van der Waals surface area (Å²) in [5.74, 6) is -2.23. The highest BCUT2D eigenvalue weighted by Crippen LogP contribution is 2.38. The summed E-state index contributed by atoms with van der Waals surface area (Å²) in [6.07, 6.45) is -5.75. The summed E-state index contributed by atoms with van der Waals surface area (Å²) in [4.78, 5) is 22.0. The van der Waals surface area contributed by atoms with Crippen LogP contribution in [0.25, 0.3) is 0 Å². The number of carbonyl (C=O) groups is 2. The molecule has 0 aromatic rings. The van der Waals surface area contributed by atoms with Crippen LogP contribution in [0, 0.1) is 0 Å². The molecular weight excluding hydrogens is 215 g/mol. The highest BCUT2D eigenvalue weighted by molar-refractivity contribution is 5.92. The van der Waals surface area contributed by atoms with E-state index in [2.05, 4.69) is 4.74 Å². The average molecular weight is 225 g/mol. The number of rotatable bonds is 2. The van der Waals surface area contributed by atoms with Crippen LogP contribution < -0.4 is 5.32 Å². The zero-order valence-corrected chi connectivity index (χ0v) is 7.98. The zero-order chi connectivity index (χ0) is 11.7. The van der Waals surface area contributed by atoms with Crippen LogP contribution in [0.3, 0.4) is 0 Å². The minimum Gasteiger partial charge on any atom is -0.464 e. The number of esters is 1. The van der Waals surface area contributed by atoms with Gasteiger partial charge in [0.15, 0.2) is 0 Å². The molecule has 1 aliphatic heterocycles. The number of hydrogen-bond donors (Lipinski definition) is 1. The van der Waals surface area contributed by atoms with E-state index in [0.29, 0.717) is 0 Å². The number of alkyl halides is 3. The van der Waals surface area contributed by atoms with E-state index in [-0.39, 0.29) is 13.0 Å². The lowest BCUT2D eigenvalue weighted by Crippen LogP contribution is -2.60. The normalized spacial score (nSPS) is 26.3. The highest BCUT2D eigenvalue weighted by atomic mass is 19.4. The Morgan fingerprint density at radius 3 is 2.53 bits per heavy atom. The fourth-order valence-corrected chi connectivity index (χ4v) is 1.40. The summed E-state index contributed by atoms with van der Waals surface area (Å²) in [6.45, 7) is 1.24. The predicted molar refractivity (Wildman–Crippen MR) is 42.8 cm³/mol. The number of ether oxygens (including phenoxy) is 1. The van der Waals surface area contributed by atoms with E-state index < -0.39 is 30.0 Å².